The first kappa shape index (κ1) is 51.6. The van der Waals surface area contributed by atoms with E-state index in [1.165, 1.54) is 12.5 Å². The molecule has 0 aliphatic heterocycles. The number of primary amides is 3. The summed E-state index contributed by atoms with van der Waals surface area (Å²) in [4.78, 5) is 145. The molecule has 0 saturated carbocycles. The third-order valence-corrected chi connectivity index (χ3v) is 8.68. The number of nitrogens with two attached hydrogens (primary N) is 4. The molecule has 0 bridgehead atoms. The Morgan fingerprint density at radius 2 is 1.19 bits per heavy atom. The van der Waals surface area contributed by atoms with Crippen LogP contribution in [0.1, 0.15) is 37.4 Å². The number of aromatic amines is 1. The average Bonchev–Trinajstić information content (AvgIpc) is 3.72. The van der Waals surface area contributed by atoms with E-state index in [-0.39, 0.29) is 12.8 Å². The molecule has 27 nitrogen and oxygen atoms in total. The number of rotatable bonds is 27. The van der Waals surface area contributed by atoms with Crippen molar-refractivity contribution in [3.63, 3.8) is 0 Å². The summed E-state index contributed by atoms with van der Waals surface area (Å²) >= 11 is 0. The van der Waals surface area contributed by atoms with E-state index in [1.54, 1.807) is 30.3 Å². The van der Waals surface area contributed by atoms with E-state index in [9.17, 15) is 68.1 Å². The number of aromatic nitrogens is 2. The Morgan fingerprint density at radius 3 is 1.68 bits per heavy atom. The fourth-order valence-electron chi connectivity index (χ4n) is 5.48. The number of aliphatic carboxylic acids is 1. The van der Waals surface area contributed by atoms with Crippen LogP contribution in [0.4, 0.5) is 0 Å². The second-order valence-corrected chi connectivity index (χ2v) is 13.9. The topological polar surface area (TPSA) is 465 Å². The van der Waals surface area contributed by atoms with Gasteiger partial charge in [-0.3, -0.25) is 52.7 Å². The van der Waals surface area contributed by atoms with E-state index < -0.39 is 146 Å². The number of H-pyrrole nitrogens is 1. The Morgan fingerprint density at radius 1 is 0.667 bits per heavy atom. The molecular weight excluding hydrogens is 838 g/mol. The third kappa shape index (κ3) is 18.3. The maximum absolute atomic E-state index is 13.3. The van der Waals surface area contributed by atoms with Crippen molar-refractivity contribution < 1.29 is 68.1 Å². The van der Waals surface area contributed by atoms with E-state index in [2.05, 4.69) is 36.6 Å². The standard InChI is InChI=1S/C36H51N13O14/c1-16(51)29(49-31(58)19(37)8-18-12-41-15-43-18)36(63)48-23(11-28(55)56)34(61)46-21(9-25(38)52)32(59)42-13-27(54)44-24(14-50)35(62)47-22(10-26(39)53)33(60)45-20(30(40)57)7-17-5-3-2-4-6-17/h2-6,12,15-16,19-24,29,50-51H,7-11,13-14,37H2,1H3,(H2,38,52)(H2,39,53)(H2,40,57)(H,41,43)(H,42,59)(H,44,54)(H,45,60)(H,46,61)(H,47,62)(H,48,63)(H,49,58)(H,55,56)/t16-,19+,20+,21+,22+,23+,24+,29+/m1/s1. The summed E-state index contributed by atoms with van der Waals surface area (Å²) in [5.74, 6) is -13.1. The van der Waals surface area contributed by atoms with Gasteiger partial charge in [0, 0.05) is 24.7 Å². The number of benzene rings is 1. The Kier molecular flexibility index (Phi) is 20.7. The summed E-state index contributed by atoms with van der Waals surface area (Å²) in [6, 6.07) is -3.38. The molecule has 1 aromatic heterocycles. The van der Waals surface area contributed by atoms with Gasteiger partial charge in [-0.25, -0.2) is 4.98 Å². The molecule has 1 aromatic carbocycles. The molecule has 0 spiro atoms. The first-order valence-corrected chi connectivity index (χ1v) is 18.8. The maximum atomic E-state index is 13.3. The van der Waals surface area contributed by atoms with Gasteiger partial charge in [0.05, 0.1) is 50.9 Å². The Bertz CT molecular complexity index is 1970. The minimum absolute atomic E-state index is 0.0530. The van der Waals surface area contributed by atoms with Gasteiger partial charge in [0.2, 0.25) is 59.1 Å². The van der Waals surface area contributed by atoms with Crippen molar-refractivity contribution >= 4 is 65.0 Å². The molecule has 2 rings (SSSR count). The van der Waals surface area contributed by atoms with Gasteiger partial charge in [-0.2, -0.15) is 0 Å². The van der Waals surface area contributed by atoms with Crippen molar-refractivity contribution in [2.24, 2.45) is 22.9 Å². The summed E-state index contributed by atoms with van der Waals surface area (Å²) in [5, 5.41) is 44.4. The zero-order valence-corrected chi connectivity index (χ0v) is 33.7. The Labute approximate surface area is 357 Å². The summed E-state index contributed by atoms with van der Waals surface area (Å²) in [6.07, 6.45) is -1.83. The lowest BCUT2D eigenvalue weighted by Gasteiger charge is -2.26. The van der Waals surface area contributed by atoms with Crippen LogP contribution in [0, 0.1) is 0 Å². The van der Waals surface area contributed by atoms with Crippen molar-refractivity contribution in [2.75, 3.05) is 13.2 Å². The molecule has 8 atom stereocenters. The van der Waals surface area contributed by atoms with E-state index >= 15 is 0 Å². The first-order valence-electron chi connectivity index (χ1n) is 18.8. The third-order valence-electron chi connectivity index (χ3n) is 8.68. The summed E-state index contributed by atoms with van der Waals surface area (Å²) in [5.41, 5.74) is 22.8. The highest BCUT2D eigenvalue weighted by Crippen LogP contribution is 2.06. The number of carbonyl (C=O) groups is 11. The molecule has 0 aliphatic carbocycles. The number of amides is 10. The van der Waals surface area contributed by atoms with Crippen molar-refractivity contribution in [3.8, 4) is 0 Å². The number of imidazole rings is 1. The molecule has 344 valence electrons. The molecule has 0 fully saturated rings. The minimum atomic E-state index is -1.99. The fourth-order valence-corrected chi connectivity index (χ4v) is 5.48. The number of carboxylic acid groups (broad SMARTS) is 1. The highest BCUT2D eigenvalue weighted by molar-refractivity contribution is 5.99. The zero-order chi connectivity index (χ0) is 47.4. The maximum Gasteiger partial charge on any atom is 0.305 e. The quantitative estimate of drug-likeness (QED) is 0.0396. The zero-order valence-electron chi connectivity index (χ0n) is 33.7. The number of carboxylic acids is 1. The summed E-state index contributed by atoms with van der Waals surface area (Å²) in [6.45, 7) is -0.985. The van der Waals surface area contributed by atoms with Gasteiger partial charge in [0.25, 0.3) is 0 Å². The molecule has 0 unspecified atom stereocenters. The van der Waals surface area contributed by atoms with Crippen molar-refractivity contribution in [1.82, 2.24) is 47.2 Å². The number of carbonyl (C=O) groups excluding carboxylic acids is 10. The average molecular weight is 890 g/mol. The predicted molar refractivity (Wildman–Crippen MR) is 213 cm³/mol. The second kappa shape index (κ2) is 25.3. The van der Waals surface area contributed by atoms with E-state index in [4.69, 9.17) is 22.9 Å². The fraction of sp³-hybridized carbons (Fsp3) is 0.444. The van der Waals surface area contributed by atoms with Crippen LogP contribution in [0.2, 0.25) is 0 Å². The van der Waals surface area contributed by atoms with Crippen molar-refractivity contribution in [3.05, 3.63) is 54.1 Å². The van der Waals surface area contributed by atoms with Gasteiger partial charge in [0.1, 0.15) is 36.3 Å². The summed E-state index contributed by atoms with van der Waals surface area (Å²) < 4.78 is 0. The highest BCUT2D eigenvalue weighted by Gasteiger charge is 2.35. The Balaban J connectivity index is 2.10. The molecule has 0 saturated heterocycles. The first-order chi connectivity index (χ1) is 29.6. The van der Waals surface area contributed by atoms with Crippen LogP contribution in [0.3, 0.4) is 0 Å². The van der Waals surface area contributed by atoms with E-state index in [0.29, 0.717) is 11.3 Å². The number of aliphatic hydroxyl groups is 2. The SMILES string of the molecule is C[C@@H](O)[C@H](NC(=O)[C@@H](N)Cc1cnc[nH]1)C(=O)N[C@@H](CC(=O)O)C(=O)N[C@@H](CC(N)=O)C(=O)NCC(=O)N[C@@H](CO)C(=O)N[C@@H](CC(N)=O)C(=O)N[C@@H](Cc1ccccc1)C(N)=O. The monoisotopic (exact) mass is 889 g/mol. The van der Waals surface area contributed by atoms with Gasteiger partial charge >= 0.3 is 5.97 Å². The number of nitrogens with zero attached hydrogens (tertiary/aromatic N) is 1. The van der Waals surface area contributed by atoms with Crippen LogP contribution in [-0.2, 0) is 65.6 Å². The minimum Gasteiger partial charge on any atom is -0.481 e. The van der Waals surface area contributed by atoms with Crippen LogP contribution in [0.5, 0.6) is 0 Å². The van der Waals surface area contributed by atoms with Gasteiger partial charge in [-0.05, 0) is 12.5 Å². The van der Waals surface area contributed by atoms with Gasteiger partial charge in [-0.1, -0.05) is 30.3 Å². The van der Waals surface area contributed by atoms with Crippen LogP contribution >= 0.6 is 0 Å². The van der Waals surface area contributed by atoms with Crippen LogP contribution in [-0.4, -0.2) is 152 Å². The molecule has 63 heavy (non-hydrogen) atoms. The predicted octanol–water partition coefficient (Wildman–Crippen LogP) is -8.37. The molecule has 10 amide bonds. The van der Waals surface area contributed by atoms with Crippen molar-refractivity contribution in [1.29, 1.82) is 0 Å². The molecular formula is C36H51N13O14. The molecule has 1 heterocycles. The molecule has 27 heteroatoms. The number of hydrogen-bond acceptors (Lipinski definition) is 15. The van der Waals surface area contributed by atoms with Gasteiger partial charge in [0.15, 0.2) is 0 Å². The smallest absolute Gasteiger partial charge is 0.305 e. The lowest BCUT2D eigenvalue weighted by Crippen LogP contribution is -2.61. The molecule has 2 aromatic rings. The van der Waals surface area contributed by atoms with Crippen LogP contribution in [0.15, 0.2) is 42.9 Å². The normalized spacial score (nSPS) is 14.6. The number of hydrogen-bond donors (Lipinski definition) is 15. The molecule has 0 aliphatic rings. The second-order valence-electron chi connectivity index (χ2n) is 13.9. The van der Waals surface area contributed by atoms with Crippen LogP contribution in [0.25, 0.3) is 0 Å². The van der Waals surface area contributed by atoms with E-state index in [0.717, 1.165) is 6.92 Å². The molecule has 19 N–H and O–H groups in total. The van der Waals surface area contributed by atoms with E-state index in [1.807, 2.05) is 10.6 Å². The highest BCUT2D eigenvalue weighted by atomic mass is 16.4. The van der Waals surface area contributed by atoms with Crippen molar-refractivity contribution in [2.45, 2.75) is 87.4 Å². The molecule has 0 radical (unpaired) electrons. The number of aliphatic hydroxyl groups excluding tert-OH is 2. The number of nitrogens with one attached hydrogen (secondary N) is 8. The van der Waals surface area contributed by atoms with Gasteiger partial charge in [-0.15, -0.1) is 0 Å². The Hall–Kier alpha value is -7.52. The summed E-state index contributed by atoms with van der Waals surface area (Å²) in [7, 11) is 0. The largest absolute Gasteiger partial charge is 0.481 e. The lowest BCUT2D eigenvalue weighted by molar-refractivity contribution is -0.142. The lowest BCUT2D eigenvalue weighted by atomic mass is 10.0. The van der Waals surface area contributed by atoms with Gasteiger partial charge < -0.3 is 80.5 Å². The van der Waals surface area contributed by atoms with Crippen LogP contribution < -0.4 is 60.2 Å².